The first kappa shape index (κ1) is 17.2. The van der Waals surface area contributed by atoms with E-state index >= 15 is 0 Å². The van der Waals surface area contributed by atoms with Crippen LogP contribution in [0.15, 0.2) is 53.8 Å². The Balaban J connectivity index is 1.80. The van der Waals surface area contributed by atoms with Crippen molar-refractivity contribution < 1.29 is 4.74 Å². The van der Waals surface area contributed by atoms with Gasteiger partial charge in [-0.05, 0) is 51.1 Å². The van der Waals surface area contributed by atoms with Crippen LogP contribution in [0.1, 0.15) is 25.3 Å². The fraction of sp³-hybridized carbons (Fsp3) is 0.368. The second kappa shape index (κ2) is 7.98. The van der Waals surface area contributed by atoms with Gasteiger partial charge in [-0.2, -0.15) is 0 Å². The highest BCUT2D eigenvalue weighted by Gasteiger charge is 2.19. The highest BCUT2D eigenvalue weighted by Crippen LogP contribution is 2.24. The Bertz CT molecular complexity index is 699. The monoisotopic (exact) mass is 339 g/mol. The summed E-state index contributed by atoms with van der Waals surface area (Å²) >= 11 is 0. The molecule has 0 amide bonds. The second-order valence-electron chi connectivity index (χ2n) is 6.03. The summed E-state index contributed by atoms with van der Waals surface area (Å²) in [4.78, 5) is 9.15. The number of hydrogen-bond donors (Lipinski definition) is 2. The van der Waals surface area contributed by atoms with Crippen molar-refractivity contribution in [2.24, 2.45) is 4.99 Å². The minimum Gasteiger partial charge on any atom is -0.481 e. The quantitative estimate of drug-likeness (QED) is 0.882. The van der Waals surface area contributed by atoms with E-state index < -0.39 is 0 Å². The van der Waals surface area contributed by atoms with Crippen molar-refractivity contribution in [1.29, 1.82) is 0 Å². The van der Waals surface area contributed by atoms with Gasteiger partial charge < -0.3 is 10.1 Å². The number of rotatable bonds is 4. The van der Waals surface area contributed by atoms with Crippen molar-refractivity contribution in [1.82, 2.24) is 20.7 Å². The molecule has 132 valence electrons. The molecule has 0 aliphatic carbocycles. The lowest BCUT2D eigenvalue weighted by Gasteiger charge is -2.32. The molecule has 3 rings (SSSR count). The molecule has 2 aliphatic heterocycles. The average Bonchev–Trinajstić information content (AvgIpc) is 2.66. The minimum atomic E-state index is 0.360. The molecule has 3 heterocycles. The number of hydrazine groups is 1. The summed E-state index contributed by atoms with van der Waals surface area (Å²) in [6.07, 6.45) is 9.93. The average molecular weight is 339 g/mol. The zero-order valence-electron chi connectivity index (χ0n) is 14.8. The van der Waals surface area contributed by atoms with Crippen LogP contribution in [0.5, 0.6) is 5.88 Å². The van der Waals surface area contributed by atoms with E-state index in [0.717, 1.165) is 48.7 Å². The number of pyridine rings is 1. The van der Waals surface area contributed by atoms with Crippen molar-refractivity contribution in [2.75, 3.05) is 20.2 Å². The topological polar surface area (TPSA) is 61.8 Å². The number of amidine groups is 1. The summed E-state index contributed by atoms with van der Waals surface area (Å²) in [6, 6.07) is 4.20. The van der Waals surface area contributed by atoms with E-state index in [1.807, 2.05) is 42.3 Å². The van der Waals surface area contributed by atoms with Crippen LogP contribution in [0.25, 0.3) is 5.70 Å². The normalized spacial score (nSPS) is 20.7. The van der Waals surface area contributed by atoms with Crippen molar-refractivity contribution in [2.45, 2.75) is 25.8 Å². The Labute approximate surface area is 149 Å². The molecule has 1 fully saturated rings. The standard InChI is InChI=1S/C19H25N5O/c1-4-17(15-6-8-19(25-3)21-13-15)24-14(2)5-7-18(23-24)22-16-9-11-20-12-10-16/h4-8,13,16,20H,2,9-12H2,1,3H3,(H,22,23)/b17-4-. The first-order valence-corrected chi connectivity index (χ1v) is 8.60. The summed E-state index contributed by atoms with van der Waals surface area (Å²) in [5.41, 5.74) is 6.19. The van der Waals surface area contributed by atoms with Crippen LogP contribution in [-0.4, -0.2) is 42.1 Å². The van der Waals surface area contributed by atoms with Crippen LogP contribution in [0.3, 0.4) is 0 Å². The molecule has 6 nitrogen and oxygen atoms in total. The van der Waals surface area contributed by atoms with Gasteiger partial charge >= 0.3 is 0 Å². The van der Waals surface area contributed by atoms with Crippen molar-refractivity contribution in [3.8, 4) is 5.88 Å². The molecular formula is C19H25N5O. The van der Waals surface area contributed by atoms with Crippen LogP contribution in [0, 0.1) is 0 Å². The van der Waals surface area contributed by atoms with Gasteiger partial charge in [-0.1, -0.05) is 12.7 Å². The molecule has 0 radical (unpaired) electrons. The highest BCUT2D eigenvalue weighted by atomic mass is 16.5. The van der Waals surface area contributed by atoms with E-state index in [1.54, 1.807) is 13.3 Å². The van der Waals surface area contributed by atoms with Crippen molar-refractivity contribution in [3.05, 3.63) is 54.4 Å². The number of nitrogens with one attached hydrogen (secondary N) is 2. The van der Waals surface area contributed by atoms with Crippen molar-refractivity contribution in [3.63, 3.8) is 0 Å². The Morgan fingerprint density at radius 3 is 2.80 bits per heavy atom. The summed E-state index contributed by atoms with van der Waals surface area (Å²) in [5, 5.41) is 5.32. The lowest BCUT2D eigenvalue weighted by Crippen LogP contribution is -2.42. The number of hydrogen-bond acceptors (Lipinski definition) is 5. The number of allylic oxidation sites excluding steroid dienone is 2. The van der Waals surface area contributed by atoms with E-state index in [4.69, 9.17) is 9.73 Å². The van der Waals surface area contributed by atoms with Crippen LogP contribution in [-0.2, 0) is 0 Å². The molecule has 0 bridgehead atoms. The first-order chi connectivity index (χ1) is 12.2. The van der Waals surface area contributed by atoms with Crippen LogP contribution in [0.4, 0.5) is 0 Å². The lowest BCUT2D eigenvalue weighted by atomic mass is 10.1. The van der Waals surface area contributed by atoms with Gasteiger partial charge in [0.2, 0.25) is 5.88 Å². The van der Waals surface area contributed by atoms with Crippen LogP contribution in [0.2, 0.25) is 0 Å². The second-order valence-corrected chi connectivity index (χ2v) is 6.03. The molecule has 1 aromatic rings. The van der Waals surface area contributed by atoms with E-state index in [9.17, 15) is 0 Å². The maximum absolute atomic E-state index is 5.14. The number of aromatic nitrogens is 1. The summed E-state index contributed by atoms with van der Waals surface area (Å²) in [6.45, 7) is 8.18. The van der Waals surface area contributed by atoms with Crippen molar-refractivity contribution >= 4 is 11.5 Å². The number of methoxy groups -OCH3 is 1. The maximum atomic E-state index is 5.14. The molecule has 0 atom stereocenters. The molecule has 2 aliphatic rings. The van der Waals surface area contributed by atoms with Gasteiger partial charge in [0, 0.05) is 17.8 Å². The molecule has 25 heavy (non-hydrogen) atoms. The smallest absolute Gasteiger partial charge is 0.212 e. The highest BCUT2D eigenvalue weighted by molar-refractivity contribution is 5.95. The zero-order chi connectivity index (χ0) is 17.6. The molecule has 2 N–H and O–H groups in total. The predicted octanol–water partition coefficient (Wildman–Crippen LogP) is 2.49. The van der Waals surface area contributed by atoms with Gasteiger partial charge in [0.25, 0.3) is 0 Å². The Morgan fingerprint density at radius 2 is 2.16 bits per heavy atom. The molecule has 1 aromatic heterocycles. The Hall–Kier alpha value is -2.60. The number of aliphatic imine (C=N–C) groups is 1. The van der Waals surface area contributed by atoms with Gasteiger partial charge in [-0.25, -0.2) is 4.98 Å². The minimum absolute atomic E-state index is 0.360. The number of ether oxygens (including phenoxy) is 1. The fourth-order valence-electron chi connectivity index (χ4n) is 2.97. The lowest BCUT2D eigenvalue weighted by molar-refractivity contribution is 0.397. The van der Waals surface area contributed by atoms with E-state index in [1.165, 1.54) is 0 Å². The molecule has 0 unspecified atom stereocenters. The van der Waals surface area contributed by atoms with Gasteiger partial charge in [-0.3, -0.25) is 15.4 Å². The predicted molar refractivity (Wildman–Crippen MR) is 101 cm³/mol. The molecule has 0 spiro atoms. The Kier molecular flexibility index (Phi) is 5.50. The van der Waals surface area contributed by atoms with Gasteiger partial charge in [0.1, 0.15) is 5.84 Å². The third kappa shape index (κ3) is 4.09. The largest absolute Gasteiger partial charge is 0.481 e. The fourth-order valence-corrected chi connectivity index (χ4v) is 2.97. The number of nitrogens with zero attached hydrogens (tertiary/aromatic N) is 3. The Morgan fingerprint density at radius 1 is 1.36 bits per heavy atom. The summed E-state index contributed by atoms with van der Waals surface area (Å²) in [7, 11) is 1.61. The molecule has 1 saturated heterocycles. The van der Waals surface area contributed by atoms with Crippen LogP contribution >= 0.6 is 0 Å². The summed E-state index contributed by atoms with van der Waals surface area (Å²) in [5.74, 6) is 1.46. The third-order valence-corrected chi connectivity index (χ3v) is 4.33. The first-order valence-electron chi connectivity index (χ1n) is 8.60. The van der Waals surface area contributed by atoms with Gasteiger partial charge in [-0.15, -0.1) is 0 Å². The zero-order valence-corrected chi connectivity index (χ0v) is 14.8. The van der Waals surface area contributed by atoms with Crippen LogP contribution < -0.4 is 15.5 Å². The SMILES string of the molecule is C=C1C=CC(=NC2CCNCC2)NN1/C(=C\C)c1ccc(OC)nc1. The third-order valence-electron chi connectivity index (χ3n) is 4.33. The van der Waals surface area contributed by atoms with E-state index in [-0.39, 0.29) is 0 Å². The maximum Gasteiger partial charge on any atom is 0.212 e. The molecule has 0 saturated carbocycles. The van der Waals surface area contributed by atoms with Gasteiger partial charge in [0.15, 0.2) is 0 Å². The molecule has 0 aromatic carbocycles. The van der Waals surface area contributed by atoms with Gasteiger partial charge in [0.05, 0.1) is 24.5 Å². The number of piperidine rings is 1. The van der Waals surface area contributed by atoms with E-state index in [2.05, 4.69) is 22.3 Å². The van der Waals surface area contributed by atoms with E-state index in [0.29, 0.717) is 11.9 Å². The molecular weight excluding hydrogens is 314 g/mol. The molecule has 6 heteroatoms. The summed E-state index contributed by atoms with van der Waals surface area (Å²) < 4.78 is 5.14.